The van der Waals surface area contributed by atoms with E-state index < -0.39 is 0 Å². The maximum atomic E-state index is 4.69. The molecule has 0 unspecified atom stereocenters. The van der Waals surface area contributed by atoms with Crippen molar-refractivity contribution in [1.82, 2.24) is 0 Å². The van der Waals surface area contributed by atoms with Gasteiger partial charge in [0, 0.05) is 8.95 Å². The minimum atomic E-state index is 0.849. The molecule has 2 aromatic carbocycles. The van der Waals surface area contributed by atoms with E-state index in [9.17, 15) is 0 Å². The van der Waals surface area contributed by atoms with Crippen molar-refractivity contribution in [2.75, 3.05) is 0 Å². The topological polar surface area (TPSA) is 24.7 Å². The zero-order valence-corrected chi connectivity index (χ0v) is 15.1. The van der Waals surface area contributed by atoms with Crippen LogP contribution >= 0.6 is 31.9 Å². The van der Waals surface area contributed by atoms with Gasteiger partial charge in [-0.2, -0.15) is 0 Å². The van der Waals surface area contributed by atoms with Gasteiger partial charge in [0.05, 0.1) is 22.8 Å². The lowest BCUT2D eigenvalue weighted by Crippen LogP contribution is -2.08. The fourth-order valence-corrected chi connectivity index (χ4v) is 2.39. The zero-order valence-electron chi connectivity index (χ0n) is 12.0. The third kappa shape index (κ3) is 4.90. The van der Waals surface area contributed by atoms with Gasteiger partial charge in [0.1, 0.15) is 0 Å². The first kappa shape index (κ1) is 16.1. The lowest BCUT2D eigenvalue weighted by molar-refractivity contribution is 1.28. The first-order chi connectivity index (χ1) is 10.1. The third-order valence-electron chi connectivity index (χ3n) is 2.97. The first-order valence-corrected chi connectivity index (χ1v) is 8.31. The molecule has 0 heterocycles. The number of halogens is 2. The van der Waals surface area contributed by atoms with Crippen molar-refractivity contribution in [2.45, 2.75) is 20.3 Å². The Balaban J connectivity index is 2.27. The highest BCUT2D eigenvalue weighted by Gasteiger charge is 2.03. The van der Waals surface area contributed by atoms with Crippen LogP contribution in [0.2, 0.25) is 0 Å². The second kappa shape index (κ2) is 7.66. The Morgan fingerprint density at radius 1 is 0.810 bits per heavy atom. The van der Waals surface area contributed by atoms with Crippen LogP contribution in [0, 0.1) is 0 Å². The summed E-state index contributed by atoms with van der Waals surface area (Å²) < 4.78 is 2.11. The van der Waals surface area contributed by atoms with Crippen molar-refractivity contribution in [1.29, 1.82) is 0 Å². The van der Waals surface area contributed by atoms with Crippen LogP contribution < -0.4 is 0 Å². The van der Waals surface area contributed by atoms with Gasteiger partial charge in [0.15, 0.2) is 0 Å². The molecule has 0 atom stereocenters. The van der Waals surface area contributed by atoms with Crippen LogP contribution in [0.1, 0.15) is 20.3 Å². The Labute approximate surface area is 142 Å². The van der Waals surface area contributed by atoms with E-state index in [-0.39, 0.29) is 0 Å². The third-order valence-corrected chi connectivity index (χ3v) is 4.02. The van der Waals surface area contributed by atoms with Gasteiger partial charge in [0.25, 0.3) is 0 Å². The number of benzene rings is 2. The Kier molecular flexibility index (Phi) is 5.88. The summed E-state index contributed by atoms with van der Waals surface area (Å²) in [5.74, 6) is 0. The fraction of sp³-hybridized carbons (Fsp3) is 0.176. The highest BCUT2D eigenvalue weighted by atomic mass is 79.9. The normalized spacial score (nSPS) is 12.6. The molecule has 0 spiro atoms. The molecule has 2 rings (SSSR count). The number of hydrogen-bond acceptors (Lipinski definition) is 2. The Morgan fingerprint density at radius 3 is 1.67 bits per heavy atom. The molecular weight excluding hydrogens is 392 g/mol. The highest BCUT2D eigenvalue weighted by molar-refractivity contribution is 9.10. The summed E-state index contributed by atoms with van der Waals surface area (Å²) in [5.41, 5.74) is 3.83. The van der Waals surface area contributed by atoms with Crippen molar-refractivity contribution in [3.05, 3.63) is 57.5 Å². The van der Waals surface area contributed by atoms with Crippen molar-refractivity contribution in [3.63, 3.8) is 0 Å². The molecule has 108 valence electrons. The number of aliphatic imine (C=N–C) groups is 2. The van der Waals surface area contributed by atoms with E-state index >= 15 is 0 Å². The average molecular weight is 408 g/mol. The smallest absolute Gasteiger partial charge is 0.0634 e. The summed E-state index contributed by atoms with van der Waals surface area (Å²) in [6, 6.07) is 15.9. The molecule has 2 aromatic rings. The van der Waals surface area contributed by atoms with Gasteiger partial charge in [-0.15, -0.1) is 0 Å². The quantitative estimate of drug-likeness (QED) is 0.517. The van der Waals surface area contributed by atoms with Gasteiger partial charge in [-0.05, 0) is 61.9 Å². The molecule has 0 aliphatic rings. The van der Waals surface area contributed by atoms with Crippen molar-refractivity contribution in [2.24, 2.45) is 9.98 Å². The summed E-state index contributed by atoms with van der Waals surface area (Å²) in [4.78, 5) is 9.33. The summed E-state index contributed by atoms with van der Waals surface area (Å²) in [5, 5.41) is 0. The van der Waals surface area contributed by atoms with Crippen LogP contribution in [0.3, 0.4) is 0 Å². The average Bonchev–Trinajstić information content (AvgIpc) is 2.49. The molecule has 0 bridgehead atoms. The zero-order chi connectivity index (χ0) is 15.2. The van der Waals surface area contributed by atoms with Crippen LogP contribution in [-0.4, -0.2) is 11.4 Å². The molecule has 4 heteroatoms. The monoisotopic (exact) mass is 406 g/mol. The van der Waals surface area contributed by atoms with Gasteiger partial charge in [0.2, 0.25) is 0 Å². The van der Waals surface area contributed by atoms with Crippen molar-refractivity contribution >= 4 is 54.7 Å². The second-order valence-corrected chi connectivity index (χ2v) is 6.39. The van der Waals surface area contributed by atoms with Crippen molar-refractivity contribution < 1.29 is 0 Å². The molecule has 21 heavy (non-hydrogen) atoms. The molecule has 0 N–H and O–H groups in total. The minimum Gasteiger partial charge on any atom is -0.252 e. The minimum absolute atomic E-state index is 0.849. The van der Waals surface area contributed by atoms with Crippen LogP contribution in [0.5, 0.6) is 0 Å². The van der Waals surface area contributed by atoms with Crippen LogP contribution in [0.15, 0.2) is 67.5 Å². The van der Waals surface area contributed by atoms with Gasteiger partial charge >= 0.3 is 0 Å². The van der Waals surface area contributed by atoms with E-state index in [2.05, 4.69) is 48.8 Å². The molecule has 0 radical (unpaired) electrons. The summed E-state index contributed by atoms with van der Waals surface area (Å²) in [7, 11) is 0. The Hall–Kier alpha value is -1.26. The van der Waals surface area contributed by atoms with Gasteiger partial charge in [-0.25, -0.2) is 0 Å². The predicted molar refractivity (Wildman–Crippen MR) is 98.4 cm³/mol. The van der Waals surface area contributed by atoms with Crippen LogP contribution in [-0.2, 0) is 0 Å². The summed E-state index contributed by atoms with van der Waals surface area (Å²) in [6.07, 6.45) is 0.849. The molecule has 0 aliphatic heterocycles. The fourth-order valence-electron chi connectivity index (χ4n) is 1.86. The highest BCUT2D eigenvalue weighted by Crippen LogP contribution is 2.19. The van der Waals surface area contributed by atoms with E-state index in [1.165, 1.54) is 0 Å². The first-order valence-electron chi connectivity index (χ1n) is 6.73. The summed E-state index contributed by atoms with van der Waals surface area (Å²) >= 11 is 6.86. The van der Waals surface area contributed by atoms with Crippen LogP contribution in [0.25, 0.3) is 0 Å². The molecule has 0 saturated carbocycles. The predicted octanol–water partition coefficient (Wildman–Crippen LogP) is 6.49. The molecule has 0 aromatic heterocycles. The molecule has 0 aliphatic carbocycles. The molecule has 2 nitrogen and oxygen atoms in total. The standard InChI is InChI=1S/C17H16Br2N2/c1-3-17(21-16-10-6-14(19)7-11-16)12(2)20-15-8-4-13(18)5-9-15/h4-11H,3H2,1-2H3. The molecular formula is C17H16Br2N2. The van der Waals surface area contributed by atoms with E-state index in [0.29, 0.717) is 0 Å². The van der Waals surface area contributed by atoms with E-state index in [1.54, 1.807) is 0 Å². The maximum Gasteiger partial charge on any atom is 0.0634 e. The lowest BCUT2D eigenvalue weighted by atomic mass is 10.2. The largest absolute Gasteiger partial charge is 0.252 e. The molecule has 0 saturated heterocycles. The van der Waals surface area contributed by atoms with Crippen molar-refractivity contribution in [3.8, 4) is 0 Å². The SMILES string of the molecule is CCC(=Nc1ccc(Br)cc1)C(C)=Nc1ccc(Br)cc1. The number of rotatable bonds is 4. The van der Waals surface area contributed by atoms with Crippen LogP contribution in [0.4, 0.5) is 11.4 Å². The second-order valence-electron chi connectivity index (χ2n) is 4.56. The summed E-state index contributed by atoms with van der Waals surface area (Å²) in [6.45, 7) is 4.10. The maximum absolute atomic E-state index is 4.69. The number of hydrogen-bond donors (Lipinski definition) is 0. The Morgan fingerprint density at radius 2 is 1.24 bits per heavy atom. The van der Waals surface area contributed by atoms with E-state index in [1.807, 2.05) is 55.5 Å². The van der Waals surface area contributed by atoms with Gasteiger partial charge in [-0.3, -0.25) is 9.98 Å². The number of nitrogens with zero attached hydrogens (tertiary/aromatic N) is 2. The Bertz CT molecular complexity index is 656. The van der Waals surface area contributed by atoms with Gasteiger partial charge < -0.3 is 0 Å². The lowest BCUT2D eigenvalue weighted by Gasteiger charge is -2.04. The van der Waals surface area contributed by atoms with E-state index in [4.69, 9.17) is 0 Å². The molecule has 0 fully saturated rings. The van der Waals surface area contributed by atoms with E-state index in [0.717, 1.165) is 38.2 Å². The molecule has 0 amide bonds. The van der Waals surface area contributed by atoms with Gasteiger partial charge in [-0.1, -0.05) is 38.8 Å².